The predicted molar refractivity (Wildman–Crippen MR) is 102 cm³/mol. The van der Waals surface area contributed by atoms with Crippen molar-refractivity contribution in [1.82, 2.24) is 4.90 Å². The Balaban J connectivity index is 0. The Morgan fingerprint density at radius 3 is 1.48 bits per heavy atom. The molecule has 0 unspecified atom stereocenters. The molecular weight excluding hydrogens is 286 g/mol. The lowest BCUT2D eigenvalue weighted by Gasteiger charge is -2.40. The van der Waals surface area contributed by atoms with Gasteiger partial charge in [-0.15, -0.1) is 19.7 Å². The molecule has 0 aliphatic carbocycles. The highest BCUT2D eigenvalue weighted by atomic mass is 16.0. The average Bonchev–Trinajstić information content (AvgIpc) is 2.49. The third kappa shape index (κ3) is 7.08. The molecule has 0 radical (unpaired) electrons. The van der Waals surface area contributed by atoms with Crippen molar-refractivity contribution < 1.29 is 9.96 Å². The fourth-order valence-corrected chi connectivity index (χ4v) is 2.46. The van der Waals surface area contributed by atoms with Gasteiger partial charge in [0.25, 0.3) is 0 Å². The van der Waals surface area contributed by atoms with Gasteiger partial charge >= 0.3 is 5.96 Å². The second-order valence-electron chi connectivity index (χ2n) is 4.97. The molecule has 1 N–H and O–H groups in total. The molecule has 0 spiro atoms. The Bertz CT molecular complexity index is 401. The summed E-state index contributed by atoms with van der Waals surface area (Å²) in [5.41, 5.74) is 0. The maximum atomic E-state index is 4.77. The predicted octanol–water partition coefficient (Wildman–Crippen LogP) is 3.40. The van der Waals surface area contributed by atoms with Gasteiger partial charge in [-0.2, -0.15) is 0 Å². The van der Waals surface area contributed by atoms with Crippen molar-refractivity contribution >= 4 is 5.96 Å². The smallest absolute Gasteiger partial charge is 0.301 e. The number of aliphatic imine (C=N–C) groups is 1. The number of rotatable bonds is 12. The third-order valence-electron chi connectivity index (χ3n) is 3.20. The van der Waals surface area contributed by atoms with Crippen LogP contribution in [0.25, 0.3) is 0 Å². The monoisotopic (exact) mass is 317 g/mol. The lowest BCUT2D eigenvalue weighted by atomic mass is 10.3. The van der Waals surface area contributed by atoms with Gasteiger partial charge in [-0.05, 0) is 18.2 Å². The first kappa shape index (κ1) is 23.1. The minimum atomic E-state index is 0. The molecule has 4 heteroatoms. The van der Waals surface area contributed by atoms with Gasteiger partial charge in [0, 0.05) is 13.1 Å². The highest BCUT2D eigenvalue weighted by molar-refractivity contribution is 5.74. The largest absolute Gasteiger partial charge is 0.870 e. The summed E-state index contributed by atoms with van der Waals surface area (Å²) < 4.78 is 0.603. The summed E-state index contributed by atoms with van der Waals surface area (Å²) in [5.74, 6) is 0.958. The first-order valence-corrected chi connectivity index (χ1v) is 7.47. The van der Waals surface area contributed by atoms with Crippen molar-refractivity contribution in [3.8, 4) is 0 Å². The van der Waals surface area contributed by atoms with Crippen LogP contribution in [0.3, 0.4) is 0 Å². The van der Waals surface area contributed by atoms with Crippen LogP contribution >= 0.6 is 0 Å². The molecule has 0 aliphatic rings. The zero-order valence-corrected chi connectivity index (χ0v) is 14.2. The van der Waals surface area contributed by atoms with E-state index in [1.165, 1.54) is 0 Å². The SMILES string of the molecule is C=CC/N=C(\N(CC=C)CC=C)[N+](CC=C)(CC=C)CC=C.[OH-]. The molecule has 0 atom stereocenters. The zero-order chi connectivity index (χ0) is 16.8. The van der Waals surface area contributed by atoms with Crippen LogP contribution in [0.2, 0.25) is 0 Å². The van der Waals surface area contributed by atoms with Crippen LogP contribution in [0.15, 0.2) is 80.9 Å². The van der Waals surface area contributed by atoms with E-state index in [-0.39, 0.29) is 5.48 Å². The van der Waals surface area contributed by atoms with Gasteiger partial charge in [-0.3, -0.25) is 0 Å². The van der Waals surface area contributed by atoms with Gasteiger partial charge < -0.3 is 10.4 Å². The summed E-state index contributed by atoms with van der Waals surface area (Å²) in [6, 6.07) is 0. The maximum Gasteiger partial charge on any atom is 0.301 e. The molecule has 0 heterocycles. The van der Waals surface area contributed by atoms with Gasteiger partial charge in [0.1, 0.15) is 19.6 Å². The number of hydrogen-bond donors (Lipinski definition) is 0. The summed E-state index contributed by atoms with van der Waals surface area (Å²) >= 11 is 0. The quantitative estimate of drug-likeness (QED) is 0.240. The summed E-state index contributed by atoms with van der Waals surface area (Å²) in [4.78, 5) is 6.93. The van der Waals surface area contributed by atoms with Gasteiger partial charge in [-0.1, -0.05) is 38.0 Å². The Hall–Kier alpha value is -2.17. The molecule has 0 saturated carbocycles. The van der Waals surface area contributed by atoms with E-state index in [4.69, 9.17) is 4.99 Å². The lowest BCUT2D eigenvalue weighted by molar-refractivity contribution is -0.828. The van der Waals surface area contributed by atoms with E-state index in [0.29, 0.717) is 24.1 Å². The highest BCUT2D eigenvalue weighted by Gasteiger charge is 2.34. The minimum Gasteiger partial charge on any atom is -0.870 e. The van der Waals surface area contributed by atoms with Crippen molar-refractivity contribution in [3.05, 3.63) is 75.9 Å². The van der Waals surface area contributed by atoms with Crippen LogP contribution in [0.5, 0.6) is 0 Å². The van der Waals surface area contributed by atoms with E-state index < -0.39 is 0 Å². The Kier molecular flexibility index (Phi) is 13.5. The van der Waals surface area contributed by atoms with Crippen LogP contribution in [-0.2, 0) is 0 Å². The standard InChI is InChI=1S/C19H30N3.H2O/c1-7-13-20-19(21(14-8-2)15-9-3)22(16-10-4,17-11-5)18-12-6;/h7-12H,1-6,13-18H2;1H2/q+1;/p-1/b20-19+;. The summed E-state index contributed by atoms with van der Waals surface area (Å²) in [6.07, 6.45) is 11.3. The number of nitrogens with zero attached hydrogens (tertiary/aromatic N) is 3. The molecule has 0 amide bonds. The molecular formula is C19H31N3O. The molecule has 23 heavy (non-hydrogen) atoms. The van der Waals surface area contributed by atoms with Crippen molar-refractivity contribution in [3.63, 3.8) is 0 Å². The van der Waals surface area contributed by atoms with E-state index >= 15 is 0 Å². The van der Waals surface area contributed by atoms with Crippen LogP contribution in [-0.4, -0.2) is 60.1 Å². The summed E-state index contributed by atoms with van der Waals surface area (Å²) in [7, 11) is 0. The Labute approximate surface area is 141 Å². The van der Waals surface area contributed by atoms with E-state index in [1.807, 2.05) is 30.4 Å². The molecule has 128 valence electrons. The van der Waals surface area contributed by atoms with Crippen molar-refractivity contribution in [1.29, 1.82) is 0 Å². The molecule has 0 aliphatic heterocycles. The average molecular weight is 317 g/mol. The van der Waals surface area contributed by atoms with Gasteiger partial charge in [0.15, 0.2) is 0 Å². The topological polar surface area (TPSA) is 45.6 Å². The van der Waals surface area contributed by atoms with E-state index in [9.17, 15) is 0 Å². The fraction of sp³-hybridized carbons (Fsp3) is 0.316. The molecule has 0 fully saturated rings. The van der Waals surface area contributed by atoms with Crippen LogP contribution in [0.4, 0.5) is 0 Å². The van der Waals surface area contributed by atoms with Gasteiger partial charge in [-0.25, -0.2) is 9.48 Å². The van der Waals surface area contributed by atoms with Crippen LogP contribution in [0.1, 0.15) is 0 Å². The Morgan fingerprint density at radius 1 is 0.739 bits per heavy atom. The molecule has 0 aromatic heterocycles. The molecule has 0 saturated heterocycles. The van der Waals surface area contributed by atoms with E-state index in [0.717, 1.165) is 25.6 Å². The normalized spacial score (nSPS) is 10.9. The summed E-state index contributed by atoms with van der Waals surface area (Å²) in [5, 5.41) is 0. The minimum absolute atomic E-state index is 0. The number of guanidine groups is 1. The lowest BCUT2D eigenvalue weighted by Crippen LogP contribution is -2.59. The number of hydrogen-bond acceptors (Lipinski definition) is 2. The summed E-state index contributed by atoms with van der Waals surface area (Å²) in [6.45, 7) is 27.4. The molecule has 0 rings (SSSR count). The maximum absolute atomic E-state index is 4.77. The van der Waals surface area contributed by atoms with Gasteiger partial charge in [0.2, 0.25) is 0 Å². The zero-order valence-electron chi connectivity index (χ0n) is 14.2. The van der Waals surface area contributed by atoms with Crippen LogP contribution in [0, 0.1) is 0 Å². The van der Waals surface area contributed by atoms with E-state index in [2.05, 4.69) is 44.4 Å². The number of quaternary nitrogens is 1. The van der Waals surface area contributed by atoms with Crippen molar-refractivity contribution in [2.24, 2.45) is 4.99 Å². The first-order valence-electron chi connectivity index (χ1n) is 7.47. The third-order valence-corrected chi connectivity index (χ3v) is 3.20. The first-order chi connectivity index (χ1) is 10.7. The molecule has 0 bridgehead atoms. The second-order valence-corrected chi connectivity index (χ2v) is 4.97. The second kappa shape index (κ2) is 13.5. The molecule has 0 aromatic rings. The highest BCUT2D eigenvalue weighted by Crippen LogP contribution is 2.15. The molecule has 4 nitrogen and oxygen atoms in total. The fourth-order valence-electron chi connectivity index (χ4n) is 2.46. The van der Waals surface area contributed by atoms with Crippen LogP contribution < -0.4 is 0 Å². The molecule has 0 aromatic carbocycles. The van der Waals surface area contributed by atoms with Crippen molar-refractivity contribution in [2.45, 2.75) is 0 Å². The van der Waals surface area contributed by atoms with E-state index in [1.54, 1.807) is 6.08 Å². The van der Waals surface area contributed by atoms with Crippen molar-refractivity contribution in [2.75, 3.05) is 39.3 Å². The Morgan fingerprint density at radius 2 is 1.17 bits per heavy atom. The van der Waals surface area contributed by atoms with Gasteiger partial charge in [0.05, 0.1) is 6.54 Å².